The molecule has 3 nitrogen and oxygen atoms in total. The van der Waals surface area contributed by atoms with Crippen molar-refractivity contribution in [3.05, 3.63) is 34.9 Å². The lowest BCUT2D eigenvalue weighted by Gasteiger charge is -2.20. The summed E-state index contributed by atoms with van der Waals surface area (Å²) in [5.41, 5.74) is 8.87. The van der Waals surface area contributed by atoms with Gasteiger partial charge in [0.2, 0.25) is 0 Å². The Kier molecular flexibility index (Phi) is 3.48. The van der Waals surface area contributed by atoms with Crippen molar-refractivity contribution in [1.29, 1.82) is 0 Å². The molecule has 0 fully saturated rings. The van der Waals surface area contributed by atoms with E-state index in [2.05, 4.69) is 0 Å². The fraction of sp³-hybridized carbons (Fsp3) is 0.417. The standard InChI is InChI=1S/C12H17NO2/c1-7-5-4-6-8(2)10(7)9(3)11(13)12(14)15/h4-6,9,11H,13H2,1-3H3,(H,14,15)/t9?,11-/m0/s1. The highest BCUT2D eigenvalue weighted by atomic mass is 16.4. The van der Waals surface area contributed by atoms with E-state index in [1.807, 2.05) is 39.0 Å². The molecule has 0 radical (unpaired) electrons. The quantitative estimate of drug-likeness (QED) is 0.794. The summed E-state index contributed by atoms with van der Waals surface area (Å²) in [6, 6.07) is 5.08. The van der Waals surface area contributed by atoms with Gasteiger partial charge in [-0.05, 0) is 30.5 Å². The molecule has 0 aliphatic rings. The van der Waals surface area contributed by atoms with E-state index in [4.69, 9.17) is 10.8 Å². The van der Waals surface area contributed by atoms with Crippen LogP contribution in [0.2, 0.25) is 0 Å². The van der Waals surface area contributed by atoms with Gasteiger partial charge in [0.15, 0.2) is 0 Å². The van der Waals surface area contributed by atoms with Crippen LogP contribution in [0.1, 0.15) is 29.5 Å². The molecule has 15 heavy (non-hydrogen) atoms. The summed E-state index contributed by atoms with van der Waals surface area (Å²) in [5.74, 6) is -1.12. The minimum Gasteiger partial charge on any atom is -0.480 e. The summed E-state index contributed by atoms with van der Waals surface area (Å²) in [7, 11) is 0. The summed E-state index contributed by atoms with van der Waals surface area (Å²) >= 11 is 0. The van der Waals surface area contributed by atoms with E-state index in [0.717, 1.165) is 16.7 Å². The first-order chi connectivity index (χ1) is 6.95. The van der Waals surface area contributed by atoms with Gasteiger partial charge in [0.05, 0.1) is 0 Å². The van der Waals surface area contributed by atoms with Crippen LogP contribution in [0.25, 0.3) is 0 Å². The number of carboxylic acids is 1. The molecule has 3 N–H and O–H groups in total. The van der Waals surface area contributed by atoms with Crippen LogP contribution < -0.4 is 5.73 Å². The van der Waals surface area contributed by atoms with Gasteiger partial charge in [-0.25, -0.2) is 0 Å². The number of aryl methyl sites for hydroxylation is 2. The molecule has 1 rings (SSSR count). The third kappa shape index (κ3) is 2.36. The van der Waals surface area contributed by atoms with E-state index in [1.54, 1.807) is 0 Å². The molecule has 0 aliphatic carbocycles. The number of carboxylic acid groups (broad SMARTS) is 1. The minimum atomic E-state index is -0.954. The second-order valence-corrected chi connectivity index (χ2v) is 3.96. The Hall–Kier alpha value is -1.35. The summed E-state index contributed by atoms with van der Waals surface area (Å²) in [6.07, 6.45) is 0. The minimum absolute atomic E-state index is 0.163. The zero-order valence-electron chi connectivity index (χ0n) is 9.32. The number of aliphatic carboxylic acids is 1. The number of hydrogen-bond donors (Lipinski definition) is 2. The van der Waals surface area contributed by atoms with Gasteiger partial charge in [0.1, 0.15) is 6.04 Å². The lowest BCUT2D eigenvalue weighted by Crippen LogP contribution is -2.35. The Balaban J connectivity index is 3.10. The highest BCUT2D eigenvalue weighted by molar-refractivity contribution is 5.74. The monoisotopic (exact) mass is 207 g/mol. The average molecular weight is 207 g/mol. The highest BCUT2D eigenvalue weighted by Gasteiger charge is 2.23. The van der Waals surface area contributed by atoms with Crippen LogP contribution in [-0.4, -0.2) is 17.1 Å². The van der Waals surface area contributed by atoms with Crippen LogP contribution in [0.3, 0.4) is 0 Å². The molecule has 0 saturated carbocycles. The predicted octanol–water partition coefficient (Wildman–Crippen LogP) is 1.82. The third-order valence-electron chi connectivity index (χ3n) is 2.82. The van der Waals surface area contributed by atoms with Crippen molar-refractivity contribution in [3.8, 4) is 0 Å². The van der Waals surface area contributed by atoms with Crippen molar-refractivity contribution in [3.63, 3.8) is 0 Å². The van der Waals surface area contributed by atoms with Crippen LogP contribution >= 0.6 is 0 Å². The second kappa shape index (κ2) is 4.45. The second-order valence-electron chi connectivity index (χ2n) is 3.96. The molecule has 0 aromatic heterocycles. The van der Waals surface area contributed by atoms with Crippen molar-refractivity contribution in [1.82, 2.24) is 0 Å². The van der Waals surface area contributed by atoms with Crippen molar-refractivity contribution in [2.45, 2.75) is 32.7 Å². The molecule has 0 bridgehead atoms. The van der Waals surface area contributed by atoms with E-state index >= 15 is 0 Å². The van der Waals surface area contributed by atoms with Gasteiger partial charge in [-0.2, -0.15) is 0 Å². The predicted molar refractivity (Wildman–Crippen MR) is 59.9 cm³/mol. The van der Waals surface area contributed by atoms with Gasteiger partial charge in [0, 0.05) is 5.92 Å². The van der Waals surface area contributed by atoms with E-state index in [9.17, 15) is 4.79 Å². The molecule has 0 saturated heterocycles. The van der Waals surface area contributed by atoms with Crippen molar-refractivity contribution in [2.75, 3.05) is 0 Å². The van der Waals surface area contributed by atoms with Gasteiger partial charge in [0.25, 0.3) is 0 Å². The Labute approximate surface area is 89.9 Å². The number of benzene rings is 1. The Morgan fingerprint density at radius 1 is 1.33 bits per heavy atom. The maximum atomic E-state index is 10.8. The lowest BCUT2D eigenvalue weighted by molar-refractivity contribution is -0.139. The maximum Gasteiger partial charge on any atom is 0.321 e. The largest absolute Gasteiger partial charge is 0.480 e. The zero-order chi connectivity index (χ0) is 11.6. The van der Waals surface area contributed by atoms with Gasteiger partial charge in [-0.15, -0.1) is 0 Å². The number of hydrogen-bond acceptors (Lipinski definition) is 2. The molecule has 0 spiro atoms. The van der Waals surface area contributed by atoms with E-state index < -0.39 is 12.0 Å². The molecule has 1 aromatic carbocycles. The van der Waals surface area contributed by atoms with Crippen LogP contribution in [-0.2, 0) is 4.79 Å². The van der Waals surface area contributed by atoms with E-state index in [-0.39, 0.29) is 5.92 Å². The van der Waals surface area contributed by atoms with Crippen LogP contribution in [0.15, 0.2) is 18.2 Å². The highest BCUT2D eigenvalue weighted by Crippen LogP contribution is 2.25. The maximum absolute atomic E-state index is 10.8. The van der Waals surface area contributed by atoms with E-state index in [1.165, 1.54) is 0 Å². The molecule has 3 heteroatoms. The molecule has 2 atom stereocenters. The molecule has 0 heterocycles. The normalized spacial score (nSPS) is 14.7. The Morgan fingerprint density at radius 3 is 2.20 bits per heavy atom. The summed E-state index contributed by atoms with van der Waals surface area (Å²) in [6.45, 7) is 5.81. The average Bonchev–Trinajstić information content (AvgIpc) is 2.15. The zero-order valence-corrected chi connectivity index (χ0v) is 9.32. The number of carbonyl (C=O) groups is 1. The molecule has 0 aliphatic heterocycles. The van der Waals surface area contributed by atoms with Crippen molar-refractivity contribution in [2.24, 2.45) is 5.73 Å². The van der Waals surface area contributed by atoms with Crippen LogP contribution in [0.5, 0.6) is 0 Å². The molecular weight excluding hydrogens is 190 g/mol. The Bertz CT molecular complexity index is 354. The van der Waals surface area contributed by atoms with Crippen molar-refractivity contribution < 1.29 is 9.90 Å². The molecule has 0 amide bonds. The topological polar surface area (TPSA) is 63.3 Å². The molecule has 1 aromatic rings. The van der Waals surface area contributed by atoms with Gasteiger partial charge in [-0.1, -0.05) is 25.1 Å². The van der Waals surface area contributed by atoms with Crippen LogP contribution in [0, 0.1) is 13.8 Å². The SMILES string of the molecule is Cc1cccc(C)c1C(C)[C@H](N)C(=O)O. The number of nitrogens with two attached hydrogens (primary N) is 1. The summed E-state index contributed by atoms with van der Waals surface area (Å²) in [5, 5.41) is 8.87. The number of rotatable bonds is 3. The first-order valence-electron chi connectivity index (χ1n) is 4.99. The van der Waals surface area contributed by atoms with Gasteiger partial charge < -0.3 is 10.8 Å². The van der Waals surface area contributed by atoms with Crippen LogP contribution in [0.4, 0.5) is 0 Å². The summed E-state index contributed by atoms with van der Waals surface area (Å²) < 4.78 is 0. The smallest absolute Gasteiger partial charge is 0.321 e. The van der Waals surface area contributed by atoms with Crippen molar-refractivity contribution >= 4 is 5.97 Å². The lowest BCUT2D eigenvalue weighted by atomic mass is 9.87. The first kappa shape index (κ1) is 11.7. The molecular formula is C12H17NO2. The summed E-state index contributed by atoms with van der Waals surface area (Å²) in [4.78, 5) is 10.8. The van der Waals surface area contributed by atoms with Gasteiger partial charge >= 0.3 is 5.97 Å². The molecule has 82 valence electrons. The fourth-order valence-electron chi connectivity index (χ4n) is 1.94. The fourth-order valence-corrected chi connectivity index (χ4v) is 1.94. The first-order valence-corrected chi connectivity index (χ1v) is 4.99. The third-order valence-corrected chi connectivity index (χ3v) is 2.82. The molecule has 1 unspecified atom stereocenters. The van der Waals surface area contributed by atoms with Gasteiger partial charge in [-0.3, -0.25) is 4.79 Å². The Morgan fingerprint density at radius 2 is 1.80 bits per heavy atom. The van der Waals surface area contributed by atoms with E-state index in [0.29, 0.717) is 0 Å².